The van der Waals surface area contributed by atoms with E-state index >= 15 is 0 Å². The third kappa shape index (κ3) is 4.77. The van der Waals surface area contributed by atoms with Crippen molar-refractivity contribution in [2.75, 3.05) is 18.4 Å². The van der Waals surface area contributed by atoms with E-state index in [0.29, 0.717) is 18.3 Å². The van der Waals surface area contributed by atoms with Crippen molar-refractivity contribution >= 4 is 11.6 Å². The molecule has 0 amide bonds. The van der Waals surface area contributed by atoms with E-state index in [0.717, 1.165) is 53.3 Å². The van der Waals surface area contributed by atoms with Gasteiger partial charge in [-0.25, -0.2) is 9.67 Å². The van der Waals surface area contributed by atoms with E-state index in [1.807, 2.05) is 59.5 Å². The Balaban J connectivity index is 1.36. The summed E-state index contributed by atoms with van der Waals surface area (Å²) in [5.41, 5.74) is 4.89. The first-order chi connectivity index (χ1) is 18.2. The maximum Gasteiger partial charge on any atom is 0.228 e. The molecule has 37 heavy (non-hydrogen) atoms. The summed E-state index contributed by atoms with van der Waals surface area (Å²) < 4.78 is 9.86. The second kappa shape index (κ2) is 10.0. The minimum atomic E-state index is 0.188. The maximum absolute atomic E-state index is 6.20. The molecule has 1 aliphatic heterocycles. The van der Waals surface area contributed by atoms with Crippen molar-refractivity contribution in [3.8, 4) is 22.8 Å². The Morgan fingerprint density at radius 3 is 2.81 bits per heavy atom. The van der Waals surface area contributed by atoms with Gasteiger partial charge in [-0.15, -0.1) is 0 Å². The van der Waals surface area contributed by atoms with Crippen LogP contribution in [0.5, 0.6) is 5.75 Å². The van der Waals surface area contributed by atoms with E-state index < -0.39 is 0 Å². The van der Waals surface area contributed by atoms with E-state index in [1.165, 1.54) is 0 Å². The van der Waals surface area contributed by atoms with Gasteiger partial charge in [-0.2, -0.15) is 19.7 Å². The van der Waals surface area contributed by atoms with Crippen LogP contribution in [-0.4, -0.2) is 48.6 Å². The molecule has 1 fully saturated rings. The molecular formula is C28H30N8O. The summed E-state index contributed by atoms with van der Waals surface area (Å²) in [4.78, 5) is 9.85. The van der Waals surface area contributed by atoms with Crippen molar-refractivity contribution in [1.82, 2.24) is 34.7 Å². The van der Waals surface area contributed by atoms with Gasteiger partial charge in [0, 0.05) is 36.6 Å². The van der Waals surface area contributed by atoms with E-state index in [-0.39, 0.29) is 12.0 Å². The van der Waals surface area contributed by atoms with Crippen molar-refractivity contribution in [1.29, 1.82) is 0 Å². The number of hydrogen-bond donors (Lipinski definition) is 2. The molecule has 9 heteroatoms. The van der Waals surface area contributed by atoms with Crippen molar-refractivity contribution < 1.29 is 4.74 Å². The van der Waals surface area contributed by atoms with Crippen LogP contribution >= 0.6 is 0 Å². The summed E-state index contributed by atoms with van der Waals surface area (Å²) in [7, 11) is 0. The average Bonchev–Trinajstić information content (AvgIpc) is 3.70. The lowest BCUT2D eigenvalue weighted by molar-refractivity contribution is 0.223. The number of ether oxygens (including phenoxy) is 1. The Bertz CT molecular complexity index is 1500. The fourth-order valence-corrected chi connectivity index (χ4v) is 4.64. The van der Waals surface area contributed by atoms with Crippen LogP contribution in [-0.2, 0) is 6.54 Å². The van der Waals surface area contributed by atoms with Crippen molar-refractivity contribution in [2.24, 2.45) is 0 Å². The second-order valence-electron chi connectivity index (χ2n) is 9.55. The van der Waals surface area contributed by atoms with Gasteiger partial charge in [0.05, 0.1) is 11.9 Å². The van der Waals surface area contributed by atoms with Crippen LogP contribution < -0.4 is 15.4 Å². The van der Waals surface area contributed by atoms with Crippen LogP contribution in [0.15, 0.2) is 73.2 Å². The number of nitrogens with zero attached hydrogens (tertiary/aromatic N) is 6. The summed E-state index contributed by atoms with van der Waals surface area (Å²) in [5.74, 6) is 2.37. The number of fused-ring (bicyclic) bond motifs is 1. The number of para-hydroxylation sites is 1. The predicted molar refractivity (Wildman–Crippen MR) is 143 cm³/mol. The molecule has 9 nitrogen and oxygen atoms in total. The maximum atomic E-state index is 6.20. The fraction of sp³-hybridized carbons (Fsp3) is 0.286. The molecule has 0 radical (unpaired) electrons. The van der Waals surface area contributed by atoms with E-state index in [4.69, 9.17) is 14.7 Å². The number of hydrogen-bond acceptors (Lipinski definition) is 7. The zero-order valence-electron chi connectivity index (χ0n) is 21.0. The Hall–Kier alpha value is -4.24. The van der Waals surface area contributed by atoms with Crippen molar-refractivity contribution in [3.63, 3.8) is 0 Å². The molecule has 0 saturated carbocycles. The van der Waals surface area contributed by atoms with Crippen LogP contribution in [0, 0.1) is 0 Å². The normalized spacial score (nSPS) is 15.5. The molecule has 0 aliphatic carbocycles. The SMILES string of the molecule is CC(C)c1cnn2c(NCc3ccccc3-n3cccn3)nc(-c3cccc(OC4CCNC4)c3)nc12. The third-order valence-electron chi connectivity index (χ3n) is 6.61. The molecule has 0 bridgehead atoms. The molecule has 1 atom stereocenters. The Labute approximate surface area is 215 Å². The number of aromatic nitrogens is 6. The summed E-state index contributed by atoms with van der Waals surface area (Å²) in [6, 6.07) is 18.1. The fourth-order valence-electron chi connectivity index (χ4n) is 4.64. The zero-order valence-corrected chi connectivity index (χ0v) is 21.0. The number of benzene rings is 2. The first-order valence-corrected chi connectivity index (χ1v) is 12.7. The topological polar surface area (TPSA) is 94.2 Å². The molecule has 1 unspecified atom stereocenters. The minimum absolute atomic E-state index is 0.188. The van der Waals surface area contributed by atoms with Gasteiger partial charge in [-0.3, -0.25) is 0 Å². The first-order valence-electron chi connectivity index (χ1n) is 12.7. The Morgan fingerprint density at radius 1 is 1.08 bits per heavy atom. The van der Waals surface area contributed by atoms with Gasteiger partial charge in [-0.1, -0.05) is 44.2 Å². The van der Waals surface area contributed by atoms with Gasteiger partial charge >= 0.3 is 0 Å². The van der Waals surface area contributed by atoms with Crippen molar-refractivity contribution in [3.05, 3.63) is 84.3 Å². The second-order valence-corrected chi connectivity index (χ2v) is 9.55. The van der Waals surface area contributed by atoms with Gasteiger partial charge in [0.2, 0.25) is 5.95 Å². The van der Waals surface area contributed by atoms with Crippen LogP contribution in [0.3, 0.4) is 0 Å². The summed E-state index contributed by atoms with van der Waals surface area (Å²) in [6.45, 7) is 6.71. The number of nitrogens with one attached hydrogen (secondary N) is 2. The highest BCUT2D eigenvalue weighted by molar-refractivity contribution is 5.64. The highest BCUT2D eigenvalue weighted by Gasteiger charge is 2.19. The van der Waals surface area contributed by atoms with Crippen LogP contribution in [0.1, 0.15) is 37.3 Å². The van der Waals surface area contributed by atoms with E-state index in [1.54, 1.807) is 10.7 Å². The van der Waals surface area contributed by atoms with Gasteiger partial charge in [0.25, 0.3) is 0 Å². The first kappa shape index (κ1) is 23.2. The summed E-state index contributed by atoms with van der Waals surface area (Å²) in [6.07, 6.45) is 6.80. The van der Waals surface area contributed by atoms with E-state index in [2.05, 4.69) is 46.8 Å². The molecular weight excluding hydrogens is 464 g/mol. The quantitative estimate of drug-likeness (QED) is 0.329. The average molecular weight is 495 g/mol. The molecule has 3 aromatic heterocycles. The van der Waals surface area contributed by atoms with Crippen LogP contribution in [0.4, 0.5) is 5.95 Å². The Kier molecular flexibility index (Phi) is 6.28. The lowest BCUT2D eigenvalue weighted by atomic mass is 10.1. The molecule has 0 spiro atoms. The molecule has 5 aromatic rings. The molecule has 188 valence electrons. The smallest absolute Gasteiger partial charge is 0.228 e. The summed E-state index contributed by atoms with van der Waals surface area (Å²) in [5, 5.41) is 15.9. The summed E-state index contributed by atoms with van der Waals surface area (Å²) >= 11 is 0. The largest absolute Gasteiger partial charge is 0.489 e. The van der Waals surface area contributed by atoms with Gasteiger partial charge < -0.3 is 15.4 Å². The van der Waals surface area contributed by atoms with Crippen LogP contribution in [0.2, 0.25) is 0 Å². The predicted octanol–water partition coefficient (Wildman–Crippen LogP) is 4.45. The molecule has 1 saturated heterocycles. The molecule has 2 aromatic carbocycles. The van der Waals surface area contributed by atoms with Gasteiger partial charge in [-0.05, 0) is 48.7 Å². The lowest BCUT2D eigenvalue weighted by Gasteiger charge is -2.15. The molecule has 2 N–H and O–H groups in total. The number of anilines is 1. The monoisotopic (exact) mass is 494 g/mol. The standard InChI is InChI=1S/C28H30N8O/c1-19(2)24-18-32-36-27(24)33-26(20-8-5-9-22(15-20)37-23-11-13-29-17-23)34-28(36)30-16-21-7-3-4-10-25(21)35-14-6-12-31-35/h3-10,12,14-15,18-19,23,29H,11,13,16-17H2,1-2H3,(H,30,33,34). The lowest BCUT2D eigenvalue weighted by Crippen LogP contribution is -2.19. The molecule has 4 heterocycles. The zero-order chi connectivity index (χ0) is 25.2. The van der Waals surface area contributed by atoms with Crippen molar-refractivity contribution in [2.45, 2.75) is 38.8 Å². The van der Waals surface area contributed by atoms with Gasteiger partial charge in [0.15, 0.2) is 11.5 Å². The third-order valence-corrected chi connectivity index (χ3v) is 6.61. The van der Waals surface area contributed by atoms with Crippen LogP contribution in [0.25, 0.3) is 22.7 Å². The number of rotatable bonds is 8. The highest BCUT2D eigenvalue weighted by atomic mass is 16.5. The minimum Gasteiger partial charge on any atom is -0.489 e. The van der Waals surface area contributed by atoms with Gasteiger partial charge in [0.1, 0.15) is 11.9 Å². The molecule has 6 rings (SSSR count). The molecule has 1 aliphatic rings. The Morgan fingerprint density at radius 2 is 2.00 bits per heavy atom. The highest BCUT2D eigenvalue weighted by Crippen LogP contribution is 2.27. The van der Waals surface area contributed by atoms with E-state index in [9.17, 15) is 0 Å².